The summed E-state index contributed by atoms with van der Waals surface area (Å²) in [6.45, 7) is 5.38. The number of carbonyl (C=O) groups excluding carboxylic acids is 1. The average molecular weight is 469 g/mol. The minimum atomic E-state index is -4.34. The molecule has 1 rings (SSSR count). The van der Waals surface area contributed by atoms with E-state index >= 15 is 0 Å². The van der Waals surface area contributed by atoms with Crippen molar-refractivity contribution in [3.8, 4) is 12.3 Å². The SMILES string of the molecule is C#CC(/C=C\CC(=NCC)/C(CNC)=C(\C)C(=O)/C=C\CC1(O)CCOCC1)CC(F)(F)F. The van der Waals surface area contributed by atoms with Gasteiger partial charge in [0.1, 0.15) is 0 Å². The number of terminal acetylenes is 1. The fourth-order valence-electron chi connectivity index (χ4n) is 3.49. The largest absolute Gasteiger partial charge is 0.390 e. The molecule has 0 aliphatic carbocycles. The van der Waals surface area contributed by atoms with Gasteiger partial charge in [-0.2, -0.15) is 13.2 Å². The van der Waals surface area contributed by atoms with Crippen LogP contribution in [0.25, 0.3) is 0 Å². The van der Waals surface area contributed by atoms with Crippen molar-refractivity contribution < 1.29 is 27.8 Å². The number of nitrogens with zero attached hydrogens (tertiary/aromatic N) is 1. The van der Waals surface area contributed by atoms with E-state index in [0.717, 1.165) is 0 Å². The normalized spacial score (nSPS) is 18.9. The molecular formula is C25H35F3N2O3. The minimum Gasteiger partial charge on any atom is -0.389 e. The van der Waals surface area contributed by atoms with Gasteiger partial charge in [0, 0.05) is 49.9 Å². The van der Waals surface area contributed by atoms with Crippen molar-refractivity contribution in [1.29, 1.82) is 0 Å². The molecule has 1 aliphatic rings. The van der Waals surface area contributed by atoms with Gasteiger partial charge in [-0.15, -0.1) is 6.42 Å². The van der Waals surface area contributed by atoms with Gasteiger partial charge in [0.2, 0.25) is 0 Å². The second kappa shape index (κ2) is 14.1. The lowest BCUT2D eigenvalue weighted by Crippen LogP contribution is -2.35. The van der Waals surface area contributed by atoms with Crippen molar-refractivity contribution in [3.63, 3.8) is 0 Å². The highest BCUT2D eigenvalue weighted by atomic mass is 19.4. The minimum absolute atomic E-state index is 0.206. The number of hydrogen-bond acceptors (Lipinski definition) is 5. The second-order valence-corrected chi connectivity index (χ2v) is 8.09. The van der Waals surface area contributed by atoms with Gasteiger partial charge in [-0.25, -0.2) is 0 Å². The molecule has 0 saturated carbocycles. The molecule has 5 nitrogen and oxygen atoms in total. The summed E-state index contributed by atoms with van der Waals surface area (Å²) in [5.41, 5.74) is 0.943. The monoisotopic (exact) mass is 468 g/mol. The Labute approximate surface area is 194 Å². The molecule has 0 spiro atoms. The van der Waals surface area contributed by atoms with Crippen LogP contribution in [0.15, 0.2) is 40.4 Å². The molecule has 1 saturated heterocycles. The van der Waals surface area contributed by atoms with E-state index in [9.17, 15) is 23.1 Å². The number of likely N-dealkylation sites (N-methyl/N-ethyl adjacent to an activating group) is 1. The Bertz CT molecular complexity index is 799. The molecule has 0 aromatic rings. The molecular weight excluding hydrogens is 433 g/mol. The lowest BCUT2D eigenvalue weighted by Gasteiger charge is -2.30. The van der Waals surface area contributed by atoms with Crippen LogP contribution in [0.4, 0.5) is 13.2 Å². The van der Waals surface area contributed by atoms with Gasteiger partial charge in [0.15, 0.2) is 5.78 Å². The Morgan fingerprint density at radius 1 is 1.33 bits per heavy atom. The molecule has 0 amide bonds. The molecule has 33 heavy (non-hydrogen) atoms. The molecule has 1 unspecified atom stereocenters. The Kier molecular flexibility index (Phi) is 12.3. The van der Waals surface area contributed by atoms with Crippen molar-refractivity contribution in [3.05, 3.63) is 35.5 Å². The maximum absolute atomic E-state index is 12.8. The van der Waals surface area contributed by atoms with E-state index in [2.05, 4.69) is 16.2 Å². The Morgan fingerprint density at radius 2 is 2.00 bits per heavy atom. The smallest absolute Gasteiger partial charge is 0.389 e. The van der Waals surface area contributed by atoms with Crippen LogP contribution in [-0.4, -0.2) is 61.7 Å². The van der Waals surface area contributed by atoms with Crippen LogP contribution in [0, 0.1) is 18.3 Å². The summed E-state index contributed by atoms with van der Waals surface area (Å²) < 4.78 is 43.2. The topological polar surface area (TPSA) is 70.9 Å². The summed E-state index contributed by atoms with van der Waals surface area (Å²) in [7, 11) is 1.74. The van der Waals surface area contributed by atoms with Crippen molar-refractivity contribution in [2.24, 2.45) is 10.9 Å². The number of alkyl halides is 3. The molecule has 0 aromatic carbocycles. The zero-order chi connectivity index (χ0) is 24.9. The zero-order valence-electron chi connectivity index (χ0n) is 19.7. The quantitative estimate of drug-likeness (QED) is 0.195. The van der Waals surface area contributed by atoms with Crippen LogP contribution in [0.1, 0.15) is 46.0 Å². The number of nitrogens with one attached hydrogen (secondary N) is 1. The van der Waals surface area contributed by atoms with Crippen LogP contribution in [0.3, 0.4) is 0 Å². The number of allylic oxidation sites excluding steroid dienone is 4. The molecule has 2 N–H and O–H groups in total. The van der Waals surface area contributed by atoms with E-state index in [4.69, 9.17) is 11.2 Å². The van der Waals surface area contributed by atoms with E-state index < -0.39 is 24.1 Å². The molecule has 1 fully saturated rings. The third kappa shape index (κ3) is 11.0. The van der Waals surface area contributed by atoms with Gasteiger partial charge >= 0.3 is 6.18 Å². The van der Waals surface area contributed by atoms with Gasteiger partial charge in [0.05, 0.1) is 12.0 Å². The molecule has 0 bridgehead atoms. The summed E-state index contributed by atoms with van der Waals surface area (Å²) in [5.74, 6) is 0.894. The lowest BCUT2D eigenvalue weighted by molar-refractivity contribution is -0.137. The first-order valence-corrected chi connectivity index (χ1v) is 11.1. The third-order valence-electron chi connectivity index (χ3n) is 5.41. The number of rotatable bonds is 12. The number of ketones is 1. The van der Waals surface area contributed by atoms with Crippen LogP contribution in [0.5, 0.6) is 0 Å². The summed E-state index contributed by atoms with van der Waals surface area (Å²) in [6, 6.07) is 0. The van der Waals surface area contributed by atoms with E-state index in [1.54, 1.807) is 26.1 Å². The van der Waals surface area contributed by atoms with Gasteiger partial charge in [0.25, 0.3) is 0 Å². The first-order valence-electron chi connectivity index (χ1n) is 11.1. The highest BCUT2D eigenvalue weighted by Crippen LogP contribution is 2.26. The fraction of sp³-hybridized carbons (Fsp3) is 0.600. The van der Waals surface area contributed by atoms with Gasteiger partial charge in [-0.05, 0) is 51.8 Å². The number of aliphatic hydroxyl groups is 1. The fourth-order valence-corrected chi connectivity index (χ4v) is 3.49. The van der Waals surface area contributed by atoms with E-state index in [0.29, 0.717) is 62.4 Å². The van der Waals surface area contributed by atoms with Crippen molar-refractivity contribution in [2.75, 3.05) is 33.4 Å². The van der Waals surface area contributed by atoms with E-state index in [1.807, 2.05) is 6.92 Å². The molecule has 1 atom stereocenters. The van der Waals surface area contributed by atoms with Crippen LogP contribution >= 0.6 is 0 Å². The molecule has 184 valence electrons. The van der Waals surface area contributed by atoms with Crippen LogP contribution in [-0.2, 0) is 9.53 Å². The van der Waals surface area contributed by atoms with Crippen molar-refractivity contribution in [1.82, 2.24) is 5.32 Å². The molecule has 8 heteroatoms. The Morgan fingerprint density at radius 3 is 2.55 bits per heavy atom. The highest BCUT2D eigenvalue weighted by Gasteiger charge is 2.30. The molecule has 0 aromatic heterocycles. The molecule has 1 heterocycles. The standard InChI is InChI=1S/C25H35F3N2O3/c1-5-20(17-25(26,27)28)9-7-10-22(30-6-2)21(18-29-4)19(3)23(31)11-8-12-24(32)13-15-33-16-14-24/h1,7-9,11,20,29,32H,6,10,12-18H2,2-4H3/b9-7-,11-8-,21-19+,30-22?. The predicted molar refractivity (Wildman–Crippen MR) is 125 cm³/mol. The first kappa shape index (κ1) is 28.8. The van der Waals surface area contributed by atoms with E-state index in [1.165, 1.54) is 12.2 Å². The number of hydrogen-bond donors (Lipinski definition) is 2. The number of aliphatic imine (C=N–C) groups is 1. The summed E-state index contributed by atoms with van der Waals surface area (Å²) in [4.78, 5) is 17.3. The number of ether oxygens (including phenoxy) is 1. The number of carbonyl (C=O) groups is 1. The first-order chi connectivity index (χ1) is 15.5. The number of halogens is 3. The lowest BCUT2D eigenvalue weighted by atomic mass is 9.90. The third-order valence-corrected chi connectivity index (χ3v) is 5.41. The maximum atomic E-state index is 12.8. The highest BCUT2D eigenvalue weighted by molar-refractivity contribution is 6.12. The predicted octanol–water partition coefficient (Wildman–Crippen LogP) is 4.19. The Hall–Kier alpha value is -2.21. The summed E-state index contributed by atoms with van der Waals surface area (Å²) >= 11 is 0. The second-order valence-electron chi connectivity index (χ2n) is 8.09. The molecule has 0 radical (unpaired) electrons. The summed E-state index contributed by atoms with van der Waals surface area (Å²) in [6.07, 6.45) is 7.56. The summed E-state index contributed by atoms with van der Waals surface area (Å²) in [5, 5.41) is 13.6. The van der Waals surface area contributed by atoms with Gasteiger partial charge in [-0.3, -0.25) is 9.79 Å². The maximum Gasteiger partial charge on any atom is 0.390 e. The van der Waals surface area contributed by atoms with Crippen LogP contribution < -0.4 is 5.32 Å². The Balaban J connectivity index is 2.99. The average Bonchev–Trinajstić information content (AvgIpc) is 2.75. The molecule has 1 aliphatic heterocycles. The van der Waals surface area contributed by atoms with Gasteiger partial charge < -0.3 is 15.2 Å². The van der Waals surface area contributed by atoms with E-state index in [-0.39, 0.29) is 12.2 Å². The van der Waals surface area contributed by atoms with Gasteiger partial charge in [-0.1, -0.05) is 24.1 Å². The zero-order valence-corrected chi connectivity index (χ0v) is 19.7. The van der Waals surface area contributed by atoms with Crippen LogP contribution in [0.2, 0.25) is 0 Å². The van der Waals surface area contributed by atoms with Crippen molar-refractivity contribution >= 4 is 11.5 Å². The van der Waals surface area contributed by atoms with Crippen molar-refractivity contribution in [2.45, 2.75) is 57.7 Å².